The van der Waals surface area contributed by atoms with Crippen molar-refractivity contribution in [3.8, 4) is 22.3 Å². The second-order valence-corrected chi connectivity index (χ2v) is 93.8. The molecule has 0 nitrogen and oxygen atoms in total. The van der Waals surface area contributed by atoms with E-state index in [9.17, 15) is 0 Å². The van der Waals surface area contributed by atoms with E-state index in [1.54, 1.807) is 0 Å². The molecule has 0 N–H and O–H groups in total. The zero-order valence-electron chi connectivity index (χ0n) is 25.7. The van der Waals surface area contributed by atoms with Crippen LogP contribution in [0.4, 0.5) is 0 Å². The first kappa shape index (κ1) is 30.4. The number of hydrogen-bond donors (Lipinski definition) is 0. The normalized spacial score (nSPS) is 20.2. The Morgan fingerprint density at radius 1 is 0.571 bits per heavy atom. The van der Waals surface area contributed by atoms with Gasteiger partial charge in [0.2, 0.25) is 0 Å². The second kappa shape index (κ2) is 9.22. The fraction of sp³-hybridized carbons (Fsp3) is 0.263. The molecule has 0 spiro atoms. The third-order valence-corrected chi connectivity index (χ3v) is 96.0. The van der Waals surface area contributed by atoms with Crippen LogP contribution < -0.4 is 0 Å². The van der Waals surface area contributed by atoms with Crippen LogP contribution in [-0.2, 0) is 14.2 Å². The standard InChI is InChI=1S/2C15H10Br.2C3H7.2CH3.Hf.H2Si/c2*16-13-9-7-12(8-10-13)15-6-2-4-11-3-1-5-14(11)15;2*1-3-2;;;;/h2*1-10H;2*3H,1-2H3;2*1H3;;1H2. The molecule has 2 unspecified atom stereocenters. The van der Waals surface area contributed by atoms with Gasteiger partial charge in [-0.1, -0.05) is 0 Å². The molecule has 2 aliphatic rings. The fourth-order valence-electron chi connectivity index (χ4n) is 8.97. The average Bonchev–Trinajstić information content (AvgIpc) is 3.61. The average molecular weight is 865 g/mol. The van der Waals surface area contributed by atoms with Crippen molar-refractivity contribution in [2.24, 2.45) is 0 Å². The van der Waals surface area contributed by atoms with Crippen molar-refractivity contribution in [3.05, 3.63) is 128 Å². The third kappa shape index (κ3) is 3.71. The molecule has 2 atom stereocenters. The van der Waals surface area contributed by atoms with Gasteiger partial charge >= 0.3 is 267 Å². The van der Waals surface area contributed by atoms with Crippen LogP contribution in [0, 0.1) is 0 Å². The van der Waals surface area contributed by atoms with Crippen LogP contribution in [-0.4, -0.2) is 6.94 Å². The third-order valence-electron chi connectivity index (χ3n) is 14.1. The summed E-state index contributed by atoms with van der Waals surface area (Å²) in [5, 5.41) is 0. The second-order valence-electron chi connectivity index (χ2n) is 15.9. The van der Waals surface area contributed by atoms with Crippen LogP contribution in [0.2, 0.25) is 16.7 Å². The zero-order chi connectivity index (χ0) is 30.2. The first-order chi connectivity index (χ1) is 19.7. The minimum absolute atomic E-state index is 0.384. The Morgan fingerprint density at radius 3 is 1.26 bits per heavy atom. The number of hydrogen-bond acceptors (Lipinski definition) is 0. The van der Waals surface area contributed by atoms with Crippen LogP contribution >= 0.6 is 31.9 Å². The minimum atomic E-state index is -5.18. The van der Waals surface area contributed by atoms with E-state index in [4.69, 9.17) is 0 Å². The molecule has 2 aliphatic carbocycles. The zero-order valence-corrected chi connectivity index (χ0v) is 33.8. The number of rotatable bonds is 6. The summed E-state index contributed by atoms with van der Waals surface area (Å²) >= 11 is 2.08. The molecule has 4 aromatic rings. The molecule has 0 amide bonds. The van der Waals surface area contributed by atoms with Crippen molar-refractivity contribution in [1.82, 2.24) is 0 Å². The molecule has 4 heteroatoms. The predicted octanol–water partition coefficient (Wildman–Crippen LogP) is 12.4. The molecule has 0 aromatic heterocycles. The summed E-state index contributed by atoms with van der Waals surface area (Å²) in [5.74, 6) is 0. The van der Waals surface area contributed by atoms with Crippen LogP contribution in [0.15, 0.2) is 106 Å². The topological polar surface area (TPSA) is 0 Å². The van der Waals surface area contributed by atoms with E-state index < -0.39 is 14.2 Å². The Kier molecular flexibility index (Phi) is 6.68. The Morgan fingerprint density at radius 2 is 0.929 bits per heavy atom. The van der Waals surface area contributed by atoms with Gasteiger partial charge in [-0.3, -0.25) is 0 Å². The van der Waals surface area contributed by atoms with Crippen molar-refractivity contribution in [2.45, 2.75) is 51.8 Å². The summed E-state index contributed by atoms with van der Waals surface area (Å²) in [6, 6.07) is 31.7. The molecule has 0 radical (unpaired) electrons. The Bertz CT molecular complexity index is 1800. The summed E-state index contributed by atoms with van der Waals surface area (Å²) in [4.78, 5) is 0. The maximum absolute atomic E-state index is 5.18. The van der Waals surface area contributed by atoms with E-state index in [2.05, 4.69) is 185 Å². The quantitative estimate of drug-likeness (QED) is 0.169. The summed E-state index contributed by atoms with van der Waals surface area (Å²) in [5.41, 5.74) is 11.1. The van der Waals surface area contributed by atoms with Gasteiger partial charge in [-0.05, 0) is 0 Å². The van der Waals surface area contributed by atoms with E-state index in [1.807, 2.05) is 0 Å². The molecule has 0 saturated heterocycles. The van der Waals surface area contributed by atoms with Gasteiger partial charge < -0.3 is 0 Å². The van der Waals surface area contributed by atoms with E-state index in [0.29, 0.717) is 14.7 Å². The fourth-order valence-corrected chi connectivity index (χ4v) is 50.4. The molecule has 0 aliphatic heterocycles. The molecular formula is C38H42Br2HfSi. The van der Waals surface area contributed by atoms with E-state index in [0.717, 1.165) is 8.95 Å². The molecule has 42 heavy (non-hydrogen) atoms. The van der Waals surface area contributed by atoms with Gasteiger partial charge in [0.05, 0.1) is 0 Å². The van der Waals surface area contributed by atoms with Crippen molar-refractivity contribution in [2.75, 3.05) is 0 Å². The van der Waals surface area contributed by atoms with Gasteiger partial charge in [0, 0.05) is 0 Å². The summed E-state index contributed by atoms with van der Waals surface area (Å²) < 4.78 is 9.76. The molecule has 216 valence electrons. The monoisotopic (exact) mass is 864 g/mol. The predicted molar refractivity (Wildman–Crippen MR) is 193 cm³/mol. The van der Waals surface area contributed by atoms with Gasteiger partial charge in [-0.15, -0.1) is 0 Å². The van der Waals surface area contributed by atoms with Crippen LogP contribution in [0.25, 0.3) is 34.4 Å². The molecule has 0 heterocycles. The van der Waals surface area contributed by atoms with Gasteiger partial charge in [0.15, 0.2) is 0 Å². The first-order valence-corrected chi connectivity index (χ1v) is 40.7. The Balaban J connectivity index is 1.63. The van der Waals surface area contributed by atoms with Crippen molar-refractivity contribution in [1.29, 1.82) is 0 Å². The van der Waals surface area contributed by atoms with E-state index in [1.165, 1.54) is 44.5 Å². The van der Waals surface area contributed by atoms with Crippen LogP contribution in [0.5, 0.6) is 0 Å². The van der Waals surface area contributed by atoms with Gasteiger partial charge in [-0.2, -0.15) is 0 Å². The van der Waals surface area contributed by atoms with Gasteiger partial charge in [0.25, 0.3) is 0 Å². The van der Waals surface area contributed by atoms with Crippen molar-refractivity contribution in [3.63, 3.8) is 0 Å². The molecule has 0 fully saturated rings. The van der Waals surface area contributed by atoms with Crippen LogP contribution in [0.3, 0.4) is 0 Å². The summed E-state index contributed by atoms with van der Waals surface area (Å²) in [7, 11) is 0. The van der Waals surface area contributed by atoms with Crippen molar-refractivity contribution >= 4 is 51.0 Å². The van der Waals surface area contributed by atoms with E-state index in [-0.39, 0.29) is 0 Å². The number of benzene rings is 4. The van der Waals surface area contributed by atoms with Gasteiger partial charge in [0.1, 0.15) is 0 Å². The molecule has 6 rings (SSSR count). The maximum atomic E-state index is 3.63. The number of fused-ring (bicyclic) bond motifs is 2. The summed E-state index contributed by atoms with van der Waals surface area (Å²) in [6.45, 7) is 12.8. The Hall–Kier alpha value is -1.59. The molecule has 0 bridgehead atoms. The van der Waals surface area contributed by atoms with Gasteiger partial charge in [-0.25, -0.2) is 0 Å². The molecule has 4 aromatic carbocycles. The SMILES string of the molecule is C[CH](C)[Hf]([CH3])([CH3])(=[SiH2])([CH](C)C)([CH]1C=Cc2c(-c3ccc(Br)cc3)cccc21)[CH]1C=Cc2c(-c3ccc(Br)cc3)cccc21. The molecular weight excluding hydrogens is 823 g/mol. The van der Waals surface area contributed by atoms with Crippen molar-refractivity contribution < 1.29 is 14.2 Å². The number of halogens is 2. The van der Waals surface area contributed by atoms with Crippen LogP contribution in [0.1, 0.15) is 57.3 Å². The summed E-state index contributed by atoms with van der Waals surface area (Å²) in [6.07, 6.45) is 10.2. The Labute approximate surface area is 265 Å². The molecule has 0 saturated carbocycles. The number of allylic oxidation sites excluding steroid dienone is 2. The first-order valence-electron chi connectivity index (χ1n) is 15.3. The van der Waals surface area contributed by atoms with E-state index >= 15 is 0 Å².